The number of rotatable bonds is 5. The minimum absolute atomic E-state index is 0.330. The van der Waals surface area contributed by atoms with E-state index in [9.17, 15) is 0 Å². The van der Waals surface area contributed by atoms with E-state index in [1.54, 1.807) is 0 Å². The molecule has 2 heteroatoms. The molecule has 10 heavy (non-hydrogen) atoms. The fraction of sp³-hybridized carbons (Fsp3) is 1.00. The molecule has 0 aliphatic rings. The van der Waals surface area contributed by atoms with Crippen LogP contribution in [0.1, 0.15) is 40.0 Å². The number of hydrogen-bond acceptors (Lipinski definition) is 2. The summed E-state index contributed by atoms with van der Waals surface area (Å²) < 4.78 is 0. The lowest BCUT2D eigenvalue weighted by Crippen LogP contribution is -2.32. The molecule has 0 saturated carbocycles. The molecule has 0 spiro atoms. The topological polar surface area (TPSA) is 12.0 Å². The first-order valence-electron chi connectivity index (χ1n) is 4.14. The molecule has 2 atom stereocenters. The summed E-state index contributed by atoms with van der Waals surface area (Å²) in [6.45, 7) is 6.50. The minimum Gasteiger partial charge on any atom is -0.303 e. The van der Waals surface area contributed by atoms with Crippen LogP contribution in [-0.2, 0) is 0 Å². The van der Waals surface area contributed by atoms with Gasteiger partial charge in [0.2, 0.25) is 0 Å². The summed E-state index contributed by atoms with van der Waals surface area (Å²) in [4.78, 5) is 0. The van der Waals surface area contributed by atoms with Gasteiger partial charge in [-0.25, -0.2) is 0 Å². The van der Waals surface area contributed by atoms with E-state index in [2.05, 4.69) is 38.7 Å². The molecule has 0 amide bonds. The first kappa shape index (κ1) is 10.3. The second-order valence-corrected chi connectivity index (χ2v) is 3.51. The van der Waals surface area contributed by atoms with Gasteiger partial charge in [-0.3, -0.25) is 0 Å². The molecule has 0 aliphatic carbocycles. The second kappa shape index (κ2) is 6.05. The predicted octanol–water partition coefficient (Wildman–Crippen LogP) is 2.43. The van der Waals surface area contributed by atoms with E-state index in [4.69, 9.17) is 0 Å². The summed E-state index contributed by atoms with van der Waals surface area (Å²) in [6.07, 6.45) is 3.73. The Hall–Kier alpha value is 0.310. The standard InChI is InChI=1S/C8H19NS/c1-4-6-8(5-2)9-7(3)10/h7-10H,4-6H2,1-3H3. The van der Waals surface area contributed by atoms with E-state index < -0.39 is 0 Å². The van der Waals surface area contributed by atoms with Gasteiger partial charge < -0.3 is 5.32 Å². The Morgan fingerprint density at radius 1 is 1.40 bits per heavy atom. The van der Waals surface area contributed by atoms with Crippen molar-refractivity contribution in [2.75, 3.05) is 0 Å². The van der Waals surface area contributed by atoms with Gasteiger partial charge in [0.25, 0.3) is 0 Å². The van der Waals surface area contributed by atoms with Gasteiger partial charge in [-0.05, 0) is 19.8 Å². The molecular formula is C8H19NS. The van der Waals surface area contributed by atoms with Gasteiger partial charge in [0, 0.05) is 11.4 Å². The van der Waals surface area contributed by atoms with Crippen molar-refractivity contribution in [2.24, 2.45) is 0 Å². The highest BCUT2D eigenvalue weighted by Gasteiger charge is 2.04. The maximum Gasteiger partial charge on any atom is 0.0475 e. The monoisotopic (exact) mass is 161 g/mol. The number of nitrogens with one attached hydrogen (secondary N) is 1. The molecule has 0 radical (unpaired) electrons. The van der Waals surface area contributed by atoms with Gasteiger partial charge in [-0.15, -0.1) is 0 Å². The van der Waals surface area contributed by atoms with E-state index in [-0.39, 0.29) is 0 Å². The highest BCUT2D eigenvalue weighted by molar-refractivity contribution is 7.80. The fourth-order valence-electron chi connectivity index (χ4n) is 1.09. The molecule has 1 N–H and O–H groups in total. The Morgan fingerprint density at radius 3 is 2.30 bits per heavy atom. The molecule has 2 unspecified atom stereocenters. The lowest BCUT2D eigenvalue weighted by atomic mass is 10.1. The molecule has 0 aromatic heterocycles. The summed E-state index contributed by atoms with van der Waals surface area (Å²) in [5.41, 5.74) is 0. The normalized spacial score (nSPS) is 16.8. The summed E-state index contributed by atoms with van der Waals surface area (Å²) in [5.74, 6) is 0. The third-order valence-electron chi connectivity index (χ3n) is 1.61. The van der Waals surface area contributed by atoms with Crippen LogP contribution in [0.2, 0.25) is 0 Å². The Labute approximate surface area is 70.0 Å². The zero-order valence-corrected chi connectivity index (χ0v) is 8.12. The van der Waals surface area contributed by atoms with Crippen LogP contribution >= 0.6 is 12.6 Å². The number of thiol groups is 1. The smallest absolute Gasteiger partial charge is 0.0475 e. The van der Waals surface area contributed by atoms with Crippen LogP contribution in [0.4, 0.5) is 0 Å². The highest BCUT2D eigenvalue weighted by Crippen LogP contribution is 2.02. The molecule has 0 aromatic rings. The van der Waals surface area contributed by atoms with Crippen molar-refractivity contribution in [1.29, 1.82) is 0 Å². The third-order valence-corrected chi connectivity index (χ3v) is 1.76. The average Bonchev–Trinajstić information content (AvgIpc) is 1.86. The minimum atomic E-state index is 0.330. The molecule has 0 aromatic carbocycles. The van der Waals surface area contributed by atoms with Gasteiger partial charge in [-0.1, -0.05) is 20.3 Å². The van der Waals surface area contributed by atoms with Crippen LogP contribution in [0.25, 0.3) is 0 Å². The van der Waals surface area contributed by atoms with Crippen LogP contribution in [0.3, 0.4) is 0 Å². The zero-order chi connectivity index (χ0) is 7.98. The van der Waals surface area contributed by atoms with Crippen molar-refractivity contribution in [3.05, 3.63) is 0 Å². The molecule has 0 fully saturated rings. The van der Waals surface area contributed by atoms with Gasteiger partial charge in [0.15, 0.2) is 0 Å². The second-order valence-electron chi connectivity index (χ2n) is 2.74. The van der Waals surface area contributed by atoms with Gasteiger partial charge in [-0.2, -0.15) is 12.6 Å². The summed E-state index contributed by atoms with van der Waals surface area (Å²) in [6, 6.07) is 0.664. The van der Waals surface area contributed by atoms with Gasteiger partial charge >= 0.3 is 0 Å². The van der Waals surface area contributed by atoms with Crippen molar-refractivity contribution in [3.8, 4) is 0 Å². The lowest BCUT2D eigenvalue weighted by Gasteiger charge is -2.17. The van der Waals surface area contributed by atoms with Gasteiger partial charge in [0.1, 0.15) is 0 Å². The molecule has 0 saturated heterocycles. The molecule has 0 aliphatic heterocycles. The summed E-state index contributed by atoms with van der Waals surface area (Å²) in [5, 5.41) is 3.72. The third kappa shape index (κ3) is 5.12. The van der Waals surface area contributed by atoms with E-state index in [1.807, 2.05) is 0 Å². The molecular weight excluding hydrogens is 142 g/mol. The first-order chi connectivity index (χ1) is 4.70. The van der Waals surface area contributed by atoms with Crippen molar-refractivity contribution >= 4 is 12.6 Å². The quantitative estimate of drug-likeness (QED) is 0.466. The van der Waals surface area contributed by atoms with Crippen molar-refractivity contribution < 1.29 is 0 Å². The molecule has 0 bridgehead atoms. The summed E-state index contributed by atoms with van der Waals surface area (Å²) >= 11 is 4.27. The molecule has 0 rings (SSSR count). The Bertz CT molecular complexity index is 73.7. The molecule has 0 heterocycles. The van der Waals surface area contributed by atoms with Crippen molar-refractivity contribution in [3.63, 3.8) is 0 Å². The highest BCUT2D eigenvalue weighted by atomic mass is 32.1. The predicted molar refractivity (Wildman–Crippen MR) is 50.6 cm³/mol. The molecule has 62 valence electrons. The maximum atomic E-state index is 4.27. The van der Waals surface area contributed by atoms with Crippen molar-refractivity contribution in [1.82, 2.24) is 5.32 Å². The van der Waals surface area contributed by atoms with E-state index >= 15 is 0 Å². The van der Waals surface area contributed by atoms with Crippen LogP contribution in [0.15, 0.2) is 0 Å². The SMILES string of the molecule is CCCC(CC)NC(C)S. The average molecular weight is 161 g/mol. The Balaban J connectivity index is 3.39. The van der Waals surface area contributed by atoms with Crippen LogP contribution in [0, 0.1) is 0 Å². The van der Waals surface area contributed by atoms with E-state index in [0.717, 1.165) is 0 Å². The number of hydrogen-bond donors (Lipinski definition) is 2. The molecule has 1 nitrogen and oxygen atoms in total. The van der Waals surface area contributed by atoms with Gasteiger partial charge in [0.05, 0.1) is 0 Å². The van der Waals surface area contributed by atoms with E-state index in [1.165, 1.54) is 19.3 Å². The fourth-order valence-corrected chi connectivity index (χ4v) is 1.31. The Morgan fingerprint density at radius 2 is 2.00 bits per heavy atom. The largest absolute Gasteiger partial charge is 0.303 e. The van der Waals surface area contributed by atoms with Crippen molar-refractivity contribution in [2.45, 2.75) is 51.4 Å². The Kier molecular flexibility index (Phi) is 6.24. The van der Waals surface area contributed by atoms with Crippen LogP contribution < -0.4 is 5.32 Å². The van der Waals surface area contributed by atoms with Crippen LogP contribution in [-0.4, -0.2) is 11.4 Å². The zero-order valence-electron chi connectivity index (χ0n) is 7.22. The van der Waals surface area contributed by atoms with E-state index in [0.29, 0.717) is 11.4 Å². The van der Waals surface area contributed by atoms with Crippen LogP contribution in [0.5, 0.6) is 0 Å². The lowest BCUT2D eigenvalue weighted by molar-refractivity contribution is 0.463. The summed E-state index contributed by atoms with van der Waals surface area (Å²) in [7, 11) is 0. The maximum absolute atomic E-state index is 4.27. The first-order valence-corrected chi connectivity index (χ1v) is 4.66.